The molecule has 2 heterocycles. The minimum Gasteiger partial charge on any atom is -0.381 e. The smallest absolute Gasteiger partial charge is 0.0494 e. The molecule has 1 aliphatic rings. The van der Waals surface area contributed by atoms with Crippen molar-refractivity contribution in [3.63, 3.8) is 0 Å². The van der Waals surface area contributed by atoms with Gasteiger partial charge in [0, 0.05) is 53.4 Å². The van der Waals surface area contributed by atoms with Gasteiger partial charge in [-0.3, -0.25) is 0 Å². The zero-order valence-electron chi connectivity index (χ0n) is 19.0. The van der Waals surface area contributed by atoms with Gasteiger partial charge in [0.25, 0.3) is 0 Å². The molecule has 0 fully saturated rings. The predicted octanol–water partition coefficient (Wildman–Crippen LogP) is 7.19. The molecule has 4 rings (SSSR count). The van der Waals surface area contributed by atoms with Gasteiger partial charge in [0.15, 0.2) is 0 Å². The Hall–Kier alpha value is -1.75. The van der Waals surface area contributed by atoms with E-state index in [-0.39, 0.29) is 0 Å². The Labute approximate surface area is 191 Å². The van der Waals surface area contributed by atoms with E-state index in [4.69, 9.17) is 4.74 Å². The maximum absolute atomic E-state index is 5.56. The van der Waals surface area contributed by atoms with Crippen molar-refractivity contribution in [1.82, 2.24) is 9.88 Å². The monoisotopic (exact) mass is 436 g/mol. The van der Waals surface area contributed by atoms with Gasteiger partial charge in [0.1, 0.15) is 0 Å². The third kappa shape index (κ3) is 5.36. The van der Waals surface area contributed by atoms with Crippen molar-refractivity contribution in [2.75, 3.05) is 19.8 Å². The third-order valence-corrected chi connectivity index (χ3v) is 7.29. The second-order valence-electron chi connectivity index (χ2n) is 8.45. The molecule has 3 nitrogen and oxygen atoms in total. The topological polar surface area (TPSA) is 26.2 Å². The SMILES string of the molecule is CCCOCCCCCNCc1ccc2c(c1)c1ccc(C3CC=CS3)cc1n2CC. The second kappa shape index (κ2) is 11.2. The van der Waals surface area contributed by atoms with Crippen LogP contribution in [-0.4, -0.2) is 24.3 Å². The maximum Gasteiger partial charge on any atom is 0.0494 e. The van der Waals surface area contributed by atoms with E-state index in [2.05, 4.69) is 71.6 Å². The van der Waals surface area contributed by atoms with Crippen molar-refractivity contribution in [1.29, 1.82) is 0 Å². The molecular weight excluding hydrogens is 400 g/mol. The summed E-state index contributed by atoms with van der Waals surface area (Å²) in [6.07, 6.45) is 8.15. The van der Waals surface area contributed by atoms with Crippen LogP contribution in [-0.2, 0) is 17.8 Å². The highest BCUT2D eigenvalue weighted by molar-refractivity contribution is 8.02. The quantitative estimate of drug-likeness (QED) is 0.304. The average Bonchev–Trinajstić information content (AvgIpc) is 3.44. The summed E-state index contributed by atoms with van der Waals surface area (Å²) in [5.41, 5.74) is 5.54. The molecule has 0 bridgehead atoms. The van der Waals surface area contributed by atoms with Crippen LogP contribution in [0.25, 0.3) is 21.8 Å². The molecule has 0 aliphatic carbocycles. The number of hydrogen-bond acceptors (Lipinski definition) is 3. The van der Waals surface area contributed by atoms with E-state index in [9.17, 15) is 0 Å². The molecule has 1 aromatic heterocycles. The van der Waals surface area contributed by atoms with Crippen molar-refractivity contribution in [2.24, 2.45) is 0 Å². The molecule has 4 heteroatoms. The van der Waals surface area contributed by atoms with Crippen LogP contribution in [0.3, 0.4) is 0 Å². The van der Waals surface area contributed by atoms with E-state index in [0.717, 1.165) is 45.7 Å². The van der Waals surface area contributed by atoms with E-state index in [0.29, 0.717) is 5.25 Å². The first kappa shape index (κ1) is 22.4. The molecule has 0 saturated heterocycles. The Morgan fingerprint density at radius 2 is 1.94 bits per heavy atom. The lowest BCUT2D eigenvalue weighted by atomic mass is 10.0. The molecule has 0 spiro atoms. The van der Waals surface area contributed by atoms with E-state index in [1.54, 1.807) is 0 Å². The first-order valence-electron chi connectivity index (χ1n) is 12.0. The van der Waals surface area contributed by atoms with Crippen molar-refractivity contribution >= 4 is 33.6 Å². The first-order chi connectivity index (χ1) is 15.3. The van der Waals surface area contributed by atoms with Gasteiger partial charge < -0.3 is 14.6 Å². The Morgan fingerprint density at radius 3 is 2.74 bits per heavy atom. The normalized spacial score (nSPS) is 16.1. The van der Waals surface area contributed by atoms with Gasteiger partial charge in [-0.2, -0.15) is 0 Å². The van der Waals surface area contributed by atoms with Gasteiger partial charge >= 0.3 is 0 Å². The van der Waals surface area contributed by atoms with Crippen molar-refractivity contribution < 1.29 is 4.74 Å². The fraction of sp³-hybridized carbons (Fsp3) is 0.481. The molecule has 166 valence electrons. The summed E-state index contributed by atoms with van der Waals surface area (Å²) < 4.78 is 8.03. The number of rotatable bonds is 12. The van der Waals surface area contributed by atoms with Crippen LogP contribution >= 0.6 is 11.8 Å². The van der Waals surface area contributed by atoms with E-state index >= 15 is 0 Å². The summed E-state index contributed by atoms with van der Waals surface area (Å²) >= 11 is 1.94. The zero-order chi connectivity index (χ0) is 21.5. The fourth-order valence-electron chi connectivity index (χ4n) is 4.52. The summed E-state index contributed by atoms with van der Waals surface area (Å²) in [6, 6.07) is 14.1. The van der Waals surface area contributed by atoms with Gasteiger partial charge in [-0.25, -0.2) is 0 Å². The van der Waals surface area contributed by atoms with Crippen molar-refractivity contribution in [3.05, 3.63) is 59.0 Å². The molecule has 1 unspecified atom stereocenters. The highest BCUT2D eigenvalue weighted by Gasteiger charge is 2.16. The number of nitrogens with one attached hydrogen (secondary N) is 1. The van der Waals surface area contributed by atoms with E-state index < -0.39 is 0 Å². The van der Waals surface area contributed by atoms with Gasteiger partial charge in [-0.15, -0.1) is 11.8 Å². The standard InChI is InChI=1S/C27H36N2OS/c1-3-15-30-16-7-5-6-14-28-20-21-10-13-25-24(18-21)23-12-11-22(27-9-8-17-31-27)19-26(23)29(25)4-2/h8,10-13,17-19,27-28H,3-7,9,14-16,20H2,1-2H3. The predicted molar refractivity (Wildman–Crippen MR) is 136 cm³/mol. The summed E-state index contributed by atoms with van der Waals surface area (Å²) in [7, 11) is 0. The minimum atomic E-state index is 0.575. The molecule has 2 aromatic carbocycles. The van der Waals surface area contributed by atoms with E-state index in [1.807, 2.05) is 11.8 Å². The molecule has 1 aliphatic heterocycles. The molecule has 31 heavy (non-hydrogen) atoms. The van der Waals surface area contributed by atoms with E-state index in [1.165, 1.54) is 52.2 Å². The lowest BCUT2D eigenvalue weighted by Crippen LogP contribution is -2.14. The number of fused-ring (bicyclic) bond motifs is 3. The number of benzene rings is 2. The van der Waals surface area contributed by atoms with Crippen molar-refractivity contribution in [2.45, 2.75) is 64.3 Å². The highest BCUT2D eigenvalue weighted by Crippen LogP contribution is 2.40. The Morgan fingerprint density at radius 1 is 1.00 bits per heavy atom. The molecule has 3 aromatic rings. The summed E-state index contributed by atoms with van der Waals surface area (Å²) in [5.74, 6) is 0. The van der Waals surface area contributed by atoms with Crippen LogP contribution in [0.5, 0.6) is 0 Å². The van der Waals surface area contributed by atoms with Crippen molar-refractivity contribution in [3.8, 4) is 0 Å². The lowest BCUT2D eigenvalue weighted by molar-refractivity contribution is 0.130. The number of allylic oxidation sites excluding steroid dienone is 1. The van der Waals surface area contributed by atoms with Crippen LogP contribution in [0.4, 0.5) is 0 Å². The van der Waals surface area contributed by atoms with Gasteiger partial charge in [0.2, 0.25) is 0 Å². The maximum atomic E-state index is 5.56. The summed E-state index contributed by atoms with van der Waals surface area (Å²) in [4.78, 5) is 0. The molecule has 1 N–H and O–H groups in total. The molecule has 0 radical (unpaired) electrons. The first-order valence-corrected chi connectivity index (χ1v) is 12.9. The molecule has 0 amide bonds. The molecular formula is C27H36N2OS. The number of unbranched alkanes of at least 4 members (excludes halogenated alkanes) is 2. The molecule has 1 atom stereocenters. The second-order valence-corrected chi connectivity index (χ2v) is 9.57. The van der Waals surface area contributed by atoms with Gasteiger partial charge in [-0.05, 0) is 80.3 Å². The Kier molecular flexibility index (Phi) is 8.12. The summed E-state index contributed by atoms with van der Waals surface area (Å²) in [6.45, 7) is 9.21. The zero-order valence-corrected chi connectivity index (χ0v) is 19.8. The number of nitrogens with zero attached hydrogens (tertiary/aromatic N) is 1. The number of ether oxygens (including phenoxy) is 1. The fourth-order valence-corrected chi connectivity index (χ4v) is 5.46. The van der Waals surface area contributed by atoms with Gasteiger partial charge in [0.05, 0.1) is 0 Å². The average molecular weight is 437 g/mol. The lowest BCUT2D eigenvalue weighted by Gasteiger charge is -2.10. The number of aryl methyl sites for hydroxylation is 1. The van der Waals surface area contributed by atoms with Crippen LogP contribution in [0, 0.1) is 0 Å². The van der Waals surface area contributed by atoms with Crippen LogP contribution < -0.4 is 5.32 Å². The third-order valence-electron chi connectivity index (χ3n) is 6.15. The Balaban J connectivity index is 1.40. The number of thioether (sulfide) groups is 1. The highest BCUT2D eigenvalue weighted by atomic mass is 32.2. The largest absolute Gasteiger partial charge is 0.381 e. The number of hydrogen-bond donors (Lipinski definition) is 1. The van der Waals surface area contributed by atoms with Crippen LogP contribution in [0.1, 0.15) is 62.3 Å². The minimum absolute atomic E-state index is 0.575. The van der Waals surface area contributed by atoms with Crippen LogP contribution in [0.2, 0.25) is 0 Å². The molecule has 0 saturated carbocycles. The van der Waals surface area contributed by atoms with Crippen LogP contribution in [0.15, 0.2) is 47.9 Å². The van der Waals surface area contributed by atoms with Gasteiger partial charge in [-0.1, -0.05) is 31.2 Å². The Bertz CT molecular complexity index is 1010. The number of aromatic nitrogens is 1. The summed E-state index contributed by atoms with van der Waals surface area (Å²) in [5, 5.41) is 9.20.